The zero-order valence-corrected chi connectivity index (χ0v) is 16.7. The van der Waals surface area contributed by atoms with Crippen LogP contribution in [0.15, 0.2) is 103 Å². The fourth-order valence-corrected chi connectivity index (χ4v) is 7.63. The topological polar surface area (TPSA) is 17.1 Å². The third-order valence-electron chi connectivity index (χ3n) is 6.09. The van der Waals surface area contributed by atoms with Crippen LogP contribution >= 0.6 is 7.14 Å². The first-order valence-electron chi connectivity index (χ1n) is 9.89. The molecule has 0 spiro atoms. The van der Waals surface area contributed by atoms with Gasteiger partial charge in [0.25, 0.3) is 0 Å². The molecular formula is C26H23OP. The molecule has 0 aromatic heterocycles. The van der Waals surface area contributed by atoms with E-state index >= 15 is 0 Å². The standard InChI is InChI=1S/C26H23OP/c27-28(24-11-3-1-4-12-24,25-13-5-2-6-14-25)20-26(17-18-26)23-16-15-21-9-7-8-10-22(21)19-23/h1-16,19H,17-18,20H2. The first-order chi connectivity index (χ1) is 13.7. The molecule has 28 heavy (non-hydrogen) atoms. The summed E-state index contributed by atoms with van der Waals surface area (Å²) in [5, 5.41) is 4.46. The largest absolute Gasteiger partial charge is 0.314 e. The van der Waals surface area contributed by atoms with Gasteiger partial charge in [-0.05, 0) is 29.2 Å². The van der Waals surface area contributed by atoms with Crippen molar-refractivity contribution in [1.82, 2.24) is 0 Å². The highest BCUT2D eigenvalue weighted by Gasteiger charge is 2.49. The predicted molar refractivity (Wildman–Crippen MR) is 119 cm³/mol. The molecule has 0 unspecified atom stereocenters. The number of hydrogen-bond acceptors (Lipinski definition) is 1. The molecule has 0 bridgehead atoms. The van der Waals surface area contributed by atoms with Gasteiger partial charge in [0.1, 0.15) is 7.14 Å². The summed E-state index contributed by atoms with van der Waals surface area (Å²) < 4.78 is 14.5. The van der Waals surface area contributed by atoms with E-state index in [2.05, 4.69) is 42.5 Å². The Hall–Kier alpha value is -2.63. The minimum atomic E-state index is -2.71. The maximum Gasteiger partial charge on any atom is 0.144 e. The number of fused-ring (bicyclic) bond motifs is 1. The predicted octanol–water partition coefficient (Wildman–Crippen LogP) is 5.89. The van der Waals surface area contributed by atoms with Crippen molar-refractivity contribution < 1.29 is 4.57 Å². The Kier molecular flexibility index (Phi) is 4.22. The Balaban J connectivity index is 1.60. The van der Waals surface area contributed by atoms with Gasteiger partial charge in [0, 0.05) is 22.2 Å². The van der Waals surface area contributed by atoms with E-state index in [4.69, 9.17) is 0 Å². The fourth-order valence-electron chi connectivity index (χ4n) is 4.30. The van der Waals surface area contributed by atoms with Crippen molar-refractivity contribution in [2.24, 2.45) is 0 Å². The molecule has 4 aromatic rings. The molecule has 138 valence electrons. The molecule has 5 rings (SSSR count). The summed E-state index contributed by atoms with van der Waals surface area (Å²) in [6, 6.07) is 35.4. The first-order valence-corrected chi connectivity index (χ1v) is 11.8. The Morgan fingerprint density at radius 1 is 0.643 bits per heavy atom. The maximum absolute atomic E-state index is 14.5. The van der Waals surface area contributed by atoms with Crippen LogP contribution in [0.5, 0.6) is 0 Å². The highest BCUT2D eigenvalue weighted by atomic mass is 31.2. The lowest BCUT2D eigenvalue weighted by Gasteiger charge is -2.25. The van der Waals surface area contributed by atoms with Crippen LogP contribution in [-0.4, -0.2) is 6.16 Å². The zero-order valence-electron chi connectivity index (χ0n) is 15.8. The van der Waals surface area contributed by atoms with Gasteiger partial charge >= 0.3 is 0 Å². The number of rotatable bonds is 5. The minimum Gasteiger partial charge on any atom is -0.314 e. The van der Waals surface area contributed by atoms with Gasteiger partial charge in [0.05, 0.1) is 0 Å². The van der Waals surface area contributed by atoms with E-state index in [1.165, 1.54) is 16.3 Å². The molecular weight excluding hydrogens is 359 g/mol. The SMILES string of the molecule is O=P(CC1(c2ccc3ccccc3c2)CC1)(c1ccccc1)c1ccccc1. The summed E-state index contributed by atoms with van der Waals surface area (Å²) in [7, 11) is -2.71. The highest BCUT2D eigenvalue weighted by molar-refractivity contribution is 7.78. The first kappa shape index (κ1) is 17.5. The molecule has 4 aromatic carbocycles. The highest BCUT2D eigenvalue weighted by Crippen LogP contribution is 2.59. The van der Waals surface area contributed by atoms with Crippen LogP contribution in [0.1, 0.15) is 18.4 Å². The van der Waals surface area contributed by atoms with Crippen LogP contribution in [0, 0.1) is 0 Å². The smallest absolute Gasteiger partial charge is 0.144 e. The van der Waals surface area contributed by atoms with Gasteiger partial charge in [-0.3, -0.25) is 0 Å². The van der Waals surface area contributed by atoms with E-state index < -0.39 is 7.14 Å². The van der Waals surface area contributed by atoms with E-state index in [9.17, 15) is 4.57 Å². The monoisotopic (exact) mass is 382 g/mol. The Morgan fingerprint density at radius 2 is 1.18 bits per heavy atom. The van der Waals surface area contributed by atoms with Crippen molar-refractivity contribution in [2.75, 3.05) is 6.16 Å². The quantitative estimate of drug-likeness (QED) is 0.394. The van der Waals surface area contributed by atoms with Crippen molar-refractivity contribution in [1.29, 1.82) is 0 Å². The molecule has 1 aliphatic rings. The van der Waals surface area contributed by atoms with E-state index in [1.807, 2.05) is 60.7 Å². The number of benzene rings is 4. The van der Waals surface area contributed by atoms with Gasteiger partial charge in [-0.15, -0.1) is 0 Å². The summed E-state index contributed by atoms with van der Waals surface area (Å²) in [6.45, 7) is 0. The van der Waals surface area contributed by atoms with Gasteiger partial charge in [-0.2, -0.15) is 0 Å². The van der Waals surface area contributed by atoms with Crippen molar-refractivity contribution in [2.45, 2.75) is 18.3 Å². The molecule has 0 saturated heterocycles. The lowest BCUT2D eigenvalue weighted by Crippen LogP contribution is -2.25. The van der Waals surface area contributed by atoms with Gasteiger partial charge < -0.3 is 4.57 Å². The normalized spacial score (nSPS) is 15.4. The fraction of sp³-hybridized carbons (Fsp3) is 0.154. The van der Waals surface area contributed by atoms with Crippen LogP contribution in [-0.2, 0) is 9.98 Å². The van der Waals surface area contributed by atoms with E-state index in [-0.39, 0.29) is 5.41 Å². The summed E-state index contributed by atoms with van der Waals surface area (Å²) in [5.41, 5.74) is 1.35. The van der Waals surface area contributed by atoms with Gasteiger partial charge in [0.15, 0.2) is 0 Å². The summed E-state index contributed by atoms with van der Waals surface area (Å²) in [5.74, 6) is 0. The second-order valence-corrected chi connectivity index (χ2v) is 10.7. The Bertz CT molecular complexity index is 1120. The van der Waals surface area contributed by atoms with Crippen molar-refractivity contribution in [3.8, 4) is 0 Å². The lowest BCUT2D eigenvalue weighted by atomic mass is 9.95. The minimum absolute atomic E-state index is 0.0191. The molecule has 0 radical (unpaired) electrons. The van der Waals surface area contributed by atoms with Gasteiger partial charge in [-0.1, -0.05) is 103 Å². The van der Waals surface area contributed by atoms with Crippen molar-refractivity contribution in [3.63, 3.8) is 0 Å². The molecule has 0 atom stereocenters. The Labute approximate surface area is 166 Å². The Morgan fingerprint density at radius 3 is 1.75 bits per heavy atom. The van der Waals surface area contributed by atoms with Crippen molar-refractivity contribution >= 4 is 28.5 Å². The third-order valence-corrected chi connectivity index (χ3v) is 9.40. The lowest BCUT2D eigenvalue weighted by molar-refractivity contribution is 0.581. The zero-order chi connectivity index (χ0) is 19.0. The third kappa shape index (κ3) is 3.01. The number of hydrogen-bond donors (Lipinski definition) is 0. The van der Waals surface area contributed by atoms with E-state index in [0.29, 0.717) is 6.16 Å². The second-order valence-electron chi connectivity index (χ2n) is 7.91. The average molecular weight is 382 g/mol. The molecule has 0 heterocycles. The van der Waals surface area contributed by atoms with Crippen LogP contribution < -0.4 is 10.6 Å². The van der Waals surface area contributed by atoms with Gasteiger partial charge in [0.2, 0.25) is 0 Å². The maximum atomic E-state index is 14.5. The van der Waals surface area contributed by atoms with Gasteiger partial charge in [-0.25, -0.2) is 0 Å². The van der Waals surface area contributed by atoms with E-state index in [0.717, 1.165) is 23.5 Å². The molecule has 1 aliphatic carbocycles. The summed E-state index contributed by atoms with van der Waals surface area (Å²) >= 11 is 0. The van der Waals surface area contributed by atoms with Crippen LogP contribution in [0.4, 0.5) is 0 Å². The molecule has 1 fully saturated rings. The molecule has 0 amide bonds. The van der Waals surface area contributed by atoms with Crippen LogP contribution in [0.3, 0.4) is 0 Å². The molecule has 0 aliphatic heterocycles. The molecule has 1 saturated carbocycles. The van der Waals surface area contributed by atoms with Crippen LogP contribution in [0.25, 0.3) is 10.8 Å². The van der Waals surface area contributed by atoms with Crippen LogP contribution in [0.2, 0.25) is 0 Å². The van der Waals surface area contributed by atoms with E-state index in [1.54, 1.807) is 0 Å². The molecule has 1 nitrogen and oxygen atoms in total. The summed E-state index contributed by atoms with van der Waals surface area (Å²) in [4.78, 5) is 0. The average Bonchev–Trinajstić information content (AvgIpc) is 3.55. The second kappa shape index (κ2) is 6.76. The van der Waals surface area contributed by atoms with Crippen molar-refractivity contribution in [3.05, 3.63) is 109 Å². The molecule has 2 heteroatoms. The summed E-state index contributed by atoms with van der Waals surface area (Å²) in [6.07, 6.45) is 2.91. The molecule has 0 N–H and O–H groups in total.